The molecule has 1 aromatic rings. The van der Waals surface area contributed by atoms with Crippen LogP contribution in [0.3, 0.4) is 0 Å². The van der Waals surface area contributed by atoms with Crippen LogP contribution in [0.15, 0.2) is 11.0 Å². The largest absolute Gasteiger partial charge is 0.408 e. The first-order chi connectivity index (χ1) is 9.62. The highest BCUT2D eigenvalue weighted by Gasteiger charge is 2.30. The minimum atomic E-state index is -4.56. The van der Waals surface area contributed by atoms with Gasteiger partial charge >= 0.3 is 6.18 Å². The summed E-state index contributed by atoms with van der Waals surface area (Å²) in [7, 11) is 0. The normalized spacial score (nSPS) is 12.5. The number of aliphatic hydroxyl groups is 1. The summed E-state index contributed by atoms with van der Waals surface area (Å²) < 4.78 is 37.0. The summed E-state index contributed by atoms with van der Waals surface area (Å²) in [4.78, 5) is 11.7. The molecular formula is C12H17ClF3N3O2. The molecule has 9 heteroatoms. The third kappa shape index (κ3) is 4.89. The number of hydrogen-bond donors (Lipinski definition) is 2. The van der Waals surface area contributed by atoms with Crippen molar-refractivity contribution in [1.82, 2.24) is 9.78 Å². The number of halogens is 4. The number of aromatic nitrogens is 2. The van der Waals surface area contributed by atoms with Gasteiger partial charge in [-0.1, -0.05) is 25.4 Å². The third-order valence-corrected chi connectivity index (χ3v) is 3.60. The van der Waals surface area contributed by atoms with Crippen LogP contribution in [0.25, 0.3) is 0 Å². The van der Waals surface area contributed by atoms with Crippen LogP contribution in [0.5, 0.6) is 0 Å². The smallest absolute Gasteiger partial charge is 0.388 e. The van der Waals surface area contributed by atoms with Crippen LogP contribution >= 0.6 is 11.6 Å². The maximum absolute atomic E-state index is 12.3. The molecule has 0 bridgehead atoms. The van der Waals surface area contributed by atoms with Crippen molar-refractivity contribution in [2.45, 2.75) is 45.0 Å². The van der Waals surface area contributed by atoms with Crippen LogP contribution in [0.2, 0.25) is 5.02 Å². The van der Waals surface area contributed by atoms with Crippen LogP contribution < -0.4 is 10.9 Å². The van der Waals surface area contributed by atoms with Gasteiger partial charge in [-0.15, -0.1) is 0 Å². The summed E-state index contributed by atoms with van der Waals surface area (Å²) in [6.45, 7) is 2.21. The average molecular weight is 328 g/mol. The van der Waals surface area contributed by atoms with Crippen LogP contribution in [-0.2, 0) is 6.54 Å². The Balaban J connectivity index is 2.93. The van der Waals surface area contributed by atoms with Crippen molar-refractivity contribution in [3.63, 3.8) is 0 Å². The quantitative estimate of drug-likeness (QED) is 0.842. The minimum absolute atomic E-state index is 0.0976. The van der Waals surface area contributed by atoms with Crippen molar-refractivity contribution in [1.29, 1.82) is 0 Å². The molecular weight excluding hydrogens is 311 g/mol. The second kappa shape index (κ2) is 6.65. The van der Waals surface area contributed by atoms with Gasteiger partial charge in [-0.05, 0) is 12.8 Å². The Morgan fingerprint density at radius 1 is 1.38 bits per heavy atom. The molecule has 1 heterocycles. The zero-order valence-corrected chi connectivity index (χ0v) is 12.4. The van der Waals surface area contributed by atoms with Gasteiger partial charge in [0.1, 0.15) is 11.6 Å². The second-order valence-corrected chi connectivity index (χ2v) is 5.11. The highest BCUT2D eigenvalue weighted by Crippen LogP contribution is 2.21. The fourth-order valence-electron chi connectivity index (χ4n) is 1.63. The topological polar surface area (TPSA) is 67.2 Å². The minimum Gasteiger partial charge on any atom is -0.388 e. The summed E-state index contributed by atoms with van der Waals surface area (Å²) in [5.74, 6) is 0. The van der Waals surface area contributed by atoms with Gasteiger partial charge in [-0.3, -0.25) is 4.79 Å². The van der Waals surface area contributed by atoms with E-state index in [-0.39, 0.29) is 21.9 Å². The molecule has 120 valence electrons. The predicted octanol–water partition coefficient (Wildman–Crippen LogP) is 2.42. The Morgan fingerprint density at radius 3 is 2.43 bits per heavy atom. The van der Waals surface area contributed by atoms with Gasteiger partial charge in [0.05, 0.1) is 17.5 Å². The lowest BCUT2D eigenvalue weighted by Gasteiger charge is -2.26. The number of nitrogens with one attached hydrogen (secondary N) is 1. The number of hydrogen-bond acceptors (Lipinski definition) is 4. The Labute approximate surface area is 124 Å². The molecule has 1 rings (SSSR count). The third-order valence-electron chi connectivity index (χ3n) is 3.24. The van der Waals surface area contributed by atoms with Crippen LogP contribution in [0.4, 0.5) is 18.9 Å². The maximum Gasteiger partial charge on any atom is 0.408 e. The van der Waals surface area contributed by atoms with Crippen molar-refractivity contribution in [2.24, 2.45) is 0 Å². The van der Waals surface area contributed by atoms with E-state index in [1.54, 1.807) is 13.8 Å². The van der Waals surface area contributed by atoms with E-state index < -0.39 is 23.9 Å². The van der Waals surface area contributed by atoms with Gasteiger partial charge in [0, 0.05) is 6.54 Å². The molecule has 0 radical (unpaired) electrons. The molecule has 0 fully saturated rings. The van der Waals surface area contributed by atoms with E-state index >= 15 is 0 Å². The molecule has 5 nitrogen and oxygen atoms in total. The zero-order valence-electron chi connectivity index (χ0n) is 11.7. The highest BCUT2D eigenvalue weighted by atomic mass is 35.5. The van der Waals surface area contributed by atoms with Crippen LogP contribution in [0.1, 0.15) is 26.7 Å². The van der Waals surface area contributed by atoms with Gasteiger partial charge in [0.2, 0.25) is 0 Å². The zero-order chi connectivity index (χ0) is 16.3. The molecule has 0 atom stereocenters. The van der Waals surface area contributed by atoms with Gasteiger partial charge in [-0.25, -0.2) is 4.68 Å². The van der Waals surface area contributed by atoms with Crippen LogP contribution in [0, 0.1) is 0 Å². The summed E-state index contributed by atoms with van der Waals surface area (Å²) >= 11 is 5.76. The molecule has 0 saturated carbocycles. The Bertz CT molecular complexity index is 542. The van der Waals surface area contributed by atoms with E-state index in [0.29, 0.717) is 12.8 Å². The van der Waals surface area contributed by atoms with E-state index in [9.17, 15) is 23.1 Å². The van der Waals surface area contributed by atoms with E-state index in [4.69, 9.17) is 11.6 Å². The van der Waals surface area contributed by atoms with Crippen molar-refractivity contribution < 1.29 is 18.3 Å². The molecule has 2 N–H and O–H groups in total. The molecule has 1 aromatic heterocycles. The molecule has 0 unspecified atom stereocenters. The summed E-state index contributed by atoms with van der Waals surface area (Å²) in [5, 5.41) is 15.9. The number of alkyl halides is 3. The molecule has 0 saturated heterocycles. The van der Waals surface area contributed by atoms with Crippen molar-refractivity contribution in [3.8, 4) is 0 Å². The first-order valence-corrected chi connectivity index (χ1v) is 6.78. The number of nitrogens with zero attached hydrogens (tertiary/aromatic N) is 2. The molecule has 0 amide bonds. The molecule has 0 aliphatic carbocycles. The Kier molecular flexibility index (Phi) is 5.63. The van der Waals surface area contributed by atoms with Crippen molar-refractivity contribution in [3.05, 3.63) is 21.6 Å². The molecule has 0 spiro atoms. The molecule has 0 aliphatic heterocycles. The number of anilines is 1. The fraction of sp³-hybridized carbons (Fsp3) is 0.667. The fourth-order valence-corrected chi connectivity index (χ4v) is 1.84. The molecule has 0 aliphatic rings. The van der Waals surface area contributed by atoms with Gasteiger partial charge in [0.15, 0.2) is 0 Å². The van der Waals surface area contributed by atoms with Crippen molar-refractivity contribution >= 4 is 17.3 Å². The van der Waals surface area contributed by atoms with Gasteiger partial charge < -0.3 is 10.4 Å². The molecule has 21 heavy (non-hydrogen) atoms. The Hall–Kier alpha value is -1.28. The van der Waals surface area contributed by atoms with Gasteiger partial charge in [0.25, 0.3) is 5.56 Å². The van der Waals surface area contributed by atoms with E-state index in [1.165, 1.54) is 0 Å². The highest BCUT2D eigenvalue weighted by molar-refractivity contribution is 6.32. The summed E-state index contributed by atoms with van der Waals surface area (Å²) in [6, 6.07) is 0. The first-order valence-electron chi connectivity index (χ1n) is 6.40. The van der Waals surface area contributed by atoms with E-state index in [1.807, 2.05) is 0 Å². The second-order valence-electron chi connectivity index (χ2n) is 4.74. The maximum atomic E-state index is 12.3. The standard InChI is InChI=1S/C12H17ClF3N3O2/c1-3-11(21,4-2)6-17-8-5-18-19(7-12(14,15)16)10(20)9(8)13/h5,17,21H,3-4,6-7H2,1-2H3. The lowest BCUT2D eigenvalue weighted by molar-refractivity contribution is -0.143. The summed E-state index contributed by atoms with van der Waals surface area (Å²) in [5.41, 5.74) is -1.92. The lowest BCUT2D eigenvalue weighted by Crippen LogP contribution is -2.36. The van der Waals surface area contributed by atoms with Crippen LogP contribution in [-0.4, -0.2) is 33.2 Å². The van der Waals surface area contributed by atoms with Gasteiger partial charge in [-0.2, -0.15) is 18.3 Å². The molecule has 0 aromatic carbocycles. The first kappa shape index (κ1) is 17.8. The van der Waals surface area contributed by atoms with E-state index in [0.717, 1.165) is 6.20 Å². The lowest BCUT2D eigenvalue weighted by atomic mass is 9.97. The predicted molar refractivity (Wildman–Crippen MR) is 73.6 cm³/mol. The summed E-state index contributed by atoms with van der Waals surface area (Å²) in [6.07, 6.45) is -2.56. The number of rotatable bonds is 6. The monoisotopic (exact) mass is 327 g/mol. The van der Waals surface area contributed by atoms with E-state index in [2.05, 4.69) is 10.4 Å². The SMILES string of the molecule is CCC(O)(CC)CNc1cnn(CC(F)(F)F)c(=O)c1Cl. The van der Waals surface area contributed by atoms with Crippen molar-refractivity contribution in [2.75, 3.05) is 11.9 Å². The average Bonchev–Trinajstić information content (AvgIpc) is 2.41. The Morgan fingerprint density at radius 2 is 1.95 bits per heavy atom.